The first-order valence-corrected chi connectivity index (χ1v) is 6.08. The first-order chi connectivity index (χ1) is 8.94. The molecule has 1 atom stereocenters. The Morgan fingerprint density at radius 1 is 1.42 bits per heavy atom. The van der Waals surface area contributed by atoms with Gasteiger partial charge in [0.05, 0.1) is 19.2 Å². The molecule has 1 aromatic rings. The van der Waals surface area contributed by atoms with Gasteiger partial charge < -0.3 is 10.1 Å². The third-order valence-corrected chi connectivity index (χ3v) is 2.36. The van der Waals surface area contributed by atoms with Crippen LogP contribution in [-0.2, 0) is 11.3 Å². The van der Waals surface area contributed by atoms with E-state index in [-0.39, 0.29) is 19.2 Å². The predicted molar refractivity (Wildman–Crippen MR) is 61.4 cm³/mol. The Kier molecular flexibility index (Phi) is 6.16. The highest BCUT2D eigenvalue weighted by molar-refractivity contribution is 4.89. The van der Waals surface area contributed by atoms with Gasteiger partial charge in [-0.05, 0) is 30.3 Å². The van der Waals surface area contributed by atoms with Crippen molar-refractivity contribution in [3.8, 4) is 0 Å². The van der Waals surface area contributed by atoms with E-state index in [1.165, 1.54) is 4.68 Å². The third kappa shape index (κ3) is 5.97. The fourth-order valence-electron chi connectivity index (χ4n) is 1.47. The van der Waals surface area contributed by atoms with Crippen LogP contribution in [0.25, 0.3) is 0 Å². The molecule has 1 unspecified atom stereocenters. The summed E-state index contributed by atoms with van der Waals surface area (Å²) in [6.07, 6.45) is -3.33. The smallest absolute Gasteiger partial charge is 0.370 e. The Bertz CT molecular complexity index is 368. The maximum Gasteiger partial charge on any atom is 0.411 e. The highest BCUT2D eigenvalue weighted by Crippen LogP contribution is 2.14. The molecule has 0 radical (unpaired) electrons. The standard InChI is InChI=1S/C10H18F3N5O/c1-3-4-14-8(2)9-15-16-17-18(9)5-6-19-7-10(11,12)13/h8,14H,3-7H2,1-2H3. The topological polar surface area (TPSA) is 64.9 Å². The van der Waals surface area contributed by atoms with Gasteiger partial charge in [-0.15, -0.1) is 5.10 Å². The Morgan fingerprint density at radius 2 is 2.16 bits per heavy atom. The maximum absolute atomic E-state index is 11.9. The van der Waals surface area contributed by atoms with Crippen LogP contribution in [0.1, 0.15) is 32.1 Å². The number of hydrogen-bond donors (Lipinski definition) is 1. The number of rotatable bonds is 8. The lowest BCUT2D eigenvalue weighted by Crippen LogP contribution is -2.24. The lowest BCUT2D eigenvalue weighted by atomic mass is 10.3. The third-order valence-electron chi connectivity index (χ3n) is 2.36. The van der Waals surface area contributed by atoms with Crippen LogP contribution in [-0.4, -0.2) is 46.1 Å². The van der Waals surface area contributed by atoms with E-state index >= 15 is 0 Å². The summed E-state index contributed by atoms with van der Waals surface area (Å²) in [6, 6.07) is -0.0578. The van der Waals surface area contributed by atoms with Crippen LogP contribution < -0.4 is 5.32 Å². The molecule has 1 heterocycles. The van der Waals surface area contributed by atoms with Gasteiger partial charge in [0.25, 0.3) is 0 Å². The fourth-order valence-corrected chi connectivity index (χ4v) is 1.47. The molecule has 0 spiro atoms. The molecule has 1 aromatic heterocycles. The summed E-state index contributed by atoms with van der Waals surface area (Å²) in [7, 11) is 0. The first kappa shape index (κ1) is 15.8. The number of halogens is 3. The summed E-state index contributed by atoms with van der Waals surface area (Å²) in [5.74, 6) is 0.587. The quantitative estimate of drug-likeness (QED) is 0.728. The summed E-state index contributed by atoms with van der Waals surface area (Å²) in [5.41, 5.74) is 0. The summed E-state index contributed by atoms with van der Waals surface area (Å²) in [4.78, 5) is 0. The average molecular weight is 281 g/mol. The number of aromatic nitrogens is 4. The molecule has 0 saturated carbocycles. The zero-order valence-corrected chi connectivity index (χ0v) is 10.9. The first-order valence-electron chi connectivity index (χ1n) is 6.08. The highest BCUT2D eigenvalue weighted by atomic mass is 19.4. The molecular weight excluding hydrogens is 263 g/mol. The molecule has 19 heavy (non-hydrogen) atoms. The van der Waals surface area contributed by atoms with Crippen molar-refractivity contribution in [3.05, 3.63) is 5.82 Å². The minimum absolute atomic E-state index is 0.0578. The summed E-state index contributed by atoms with van der Waals surface area (Å²) >= 11 is 0. The van der Waals surface area contributed by atoms with Crippen LogP contribution in [0.4, 0.5) is 13.2 Å². The Balaban J connectivity index is 2.40. The molecule has 0 aliphatic rings. The summed E-state index contributed by atoms with van der Waals surface area (Å²) in [5, 5.41) is 14.3. The van der Waals surface area contributed by atoms with Crippen LogP contribution in [0.2, 0.25) is 0 Å². The number of hydrogen-bond acceptors (Lipinski definition) is 5. The van der Waals surface area contributed by atoms with Gasteiger partial charge >= 0.3 is 6.18 Å². The van der Waals surface area contributed by atoms with Crippen LogP contribution in [0, 0.1) is 0 Å². The molecule has 110 valence electrons. The van der Waals surface area contributed by atoms with Crippen molar-refractivity contribution in [2.24, 2.45) is 0 Å². The van der Waals surface area contributed by atoms with Crippen LogP contribution in [0.3, 0.4) is 0 Å². The fraction of sp³-hybridized carbons (Fsp3) is 0.900. The molecule has 0 fully saturated rings. The number of nitrogens with zero attached hydrogens (tertiary/aromatic N) is 4. The van der Waals surface area contributed by atoms with E-state index in [2.05, 4.69) is 25.6 Å². The van der Waals surface area contributed by atoms with E-state index in [1.807, 2.05) is 13.8 Å². The van der Waals surface area contributed by atoms with Crippen molar-refractivity contribution in [2.75, 3.05) is 19.8 Å². The molecule has 0 aliphatic carbocycles. The molecule has 9 heteroatoms. The number of tetrazole rings is 1. The van der Waals surface area contributed by atoms with E-state index in [4.69, 9.17) is 0 Å². The van der Waals surface area contributed by atoms with Crippen LogP contribution >= 0.6 is 0 Å². The molecule has 6 nitrogen and oxygen atoms in total. The molecule has 0 aromatic carbocycles. The Morgan fingerprint density at radius 3 is 2.79 bits per heavy atom. The molecule has 1 N–H and O–H groups in total. The van der Waals surface area contributed by atoms with Gasteiger partial charge in [-0.2, -0.15) is 13.2 Å². The lowest BCUT2D eigenvalue weighted by molar-refractivity contribution is -0.174. The molecule has 0 saturated heterocycles. The number of alkyl halides is 3. The van der Waals surface area contributed by atoms with Gasteiger partial charge in [0.15, 0.2) is 5.82 Å². The van der Waals surface area contributed by atoms with E-state index in [1.54, 1.807) is 0 Å². The highest BCUT2D eigenvalue weighted by Gasteiger charge is 2.27. The second-order valence-electron chi connectivity index (χ2n) is 4.10. The van der Waals surface area contributed by atoms with Crippen LogP contribution in [0.15, 0.2) is 0 Å². The van der Waals surface area contributed by atoms with Crippen LogP contribution in [0.5, 0.6) is 0 Å². The summed E-state index contributed by atoms with van der Waals surface area (Å²) in [6.45, 7) is 3.60. The van der Waals surface area contributed by atoms with E-state index in [0.29, 0.717) is 5.82 Å². The lowest BCUT2D eigenvalue weighted by Gasteiger charge is -2.13. The van der Waals surface area contributed by atoms with E-state index < -0.39 is 12.8 Å². The molecule has 0 aliphatic heterocycles. The minimum atomic E-state index is -4.31. The summed E-state index contributed by atoms with van der Waals surface area (Å²) < 4.78 is 41.6. The van der Waals surface area contributed by atoms with Crippen molar-refractivity contribution in [2.45, 2.75) is 39.0 Å². The molecule has 1 rings (SSSR count). The van der Waals surface area contributed by atoms with Crippen molar-refractivity contribution in [1.82, 2.24) is 25.5 Å². The van der Waals surface area contributed by atoms with Gasteiger partial charge in [-0.25, -0.2) is 4.68 Å². The average Bonchev–Trinajstić information content (AvgIpc) is 2.79. The van der Waals surface area contributed by atoms with Gasteiger partial charge in [0.1, 0.15) is 6.61 Å². The second kappa shape index (κ2) is 7.39. The van der Waals surface area contributed by atoms with Crippen molar-refractivity contribution in [1.29, 1.82) is 0 Å². The zero-order chi connectivity index (χ0) is 14.3. The van der Waals surface area contributed by atoms with Gasteiger partial charge in [0, 0.05) is 0 Å². The van der Waals surface area contributed by atoms with Crippen molar-refractivity contribution >= 4 is 0 Å². The number of ether oxygens (including phenoxy) is 1. The Labute approximate surface area is 109 Å². The molecule has 0 bridgehead atoms. The maximum atomic E-state index is 11.9. The van der Waals surface area contributed by atoms with Crippen molar-refractivity contribution in [3.63, 3.8) is 0 Å². The van der Waals surface area contributed by atoms with Gasteiger partial charge in [-0.3, -0.25) is 0 Å². The van der Waals surface area contributed by atoms with Gasteiger partial charge in [0.2, 0.25) is 0 Å². The monoisotopic (exact) mass is 281 g/mol. The number of nitrogens with one attached hydrogen (secondary N) is 1. The Hall–Kier alpha value is -1.22. The van der Waals surface area contributed by atoms with Crippen molar-refractivity contribution < 1.29 is 17.9 Å². The van der Waals surface area contributed by atoms with E-state index in [0.717, 1.165) is 13.0 Å². The SMILES string of the molecule is CCCNC(C)c1nnnn1CCOCC(F)(F)F. The predicted octanol–water partition coefficient (Wildman–Crippen LogP) is 1.31. The van der Waals surface area contributed by atoms with E-state index in [9.17, 15) is 13.2 Å². The minimum Gasteiger partial charge on any atom is -0.370 e. The second-order valence-corrected chi connectivity index (χ2v) is 4.10. The molecule has 0 amide bonds. The largest absolute Gasteiger partial charge is 0.411 e. The zero-order valence-electron chi connectivity index (χ0n) is 10.9. The van der Waals surface area contributed by atoms with Gasteiger partial charge in [-0.1, -0.05) is 6.92 Å². The normalized spacial score (nSPS) is 13.7. The molecular formula is C10H18F3N5O.